The van der Waals surface area contributed by atoms with Crippen molar-refractivity contribution in [3.8, 4) is 0 Å². The molecule has 0 fully saturated rings. The van der Waals surface area contributed by atoms with Gasteiger partial charge in [0, 0.05) is 16.7 Å². The lowest BCUT2D eigenvalue weighted by Crippen LogP contribution is -2.33. The molecule has 0 amide bonds. The number of carbonyl (C=O) groups is 1. The lowest BCUT2D eigenvalue weighted by Gasteiger charge is -2.33. The maximum absolute atomic E-state index is 11.4. The van der Waals surface area contributed by atoms with Gasteiger partial charge < -0.3 is 10.0 Å². The van der Waals surface area contributed by atoms with Crippen molar-refractivity contribution in [3.05, 3.63) is 34.1 Å². The third-order valence-electron chi connectivity index (χ3n) is 3.57. The maximum Gasteiger partial charge on any atom is 0.311 e. The second-order valence-corrected chi connectivity index (χ2v) is 5.91. The van der Waals surface area contributed by atoms with E-state index in [0.717, 1.165) is 15.7 Å². The highest BCUT2D eigenvalue weighted by Crippen LogP contribution is 2.37. The Morgan fingerprint density at radius 1 is 1.52 bits per heavy atom. The Bertz CT molecular complexity index is 687. The van der Waals surface area contributed by atoms with Gasteiger partial charge in [0.05, 0.1) is 19.5 Å². The van der Waals surface area contributed by atoms with Crippen LogP contribution in [0.25, 0.3) is 0 Å². The smallest absolute Gasteiger partial charge is 0.311 e. The molecule has 7 nitrogen and oxygen atoms in total. The summed E-state index contributed by atoms with van der Waals surface area (Å²) in [4.78, 5) is 14.9. The van der Waals surface area contributed by atoms with E-state index in [1.54, 1.807) is 7.05 Å². The van der Waals surface area contributed by atoms with E-state index in [0.29, 0.717) is 25.3 Å². The fraction of sp³-hybridized carbons (Fsp3) is 0.385. The van der Waals surface area contributed by atoms with Crippen molar-refractivity contribution in [1.29, 1.82) is 0 Å². The molecule has 0 saturated heterocycles. The highest BCUT2D eigenvalue weighted by molar-refractivity contribution is 9.10. The molecule has 110 valence electrons. The summed E-state index contributed by atoms with van der Waals surface area (Å²) in [5, 5.41) is 21.4. The molecule has 0 aliphatic carbocycles. The zero-order valence-electron chi connectivity index (χ0n) is 11.4. The van der Waals surface area contributed by atoms with Crippen molar-refractivity contribution in [2.45, 2.75) is 18.9 Å². The fourth-order valence-corrected chi connectivity index (χ4v) is 3.01. The number of aliphatic carboxylic acids is 1. The van der Waals surface area contributed by atoms with E-state index in [1.165, 1.54) is 4.80 Å². The van der Waals surface area contributed by atoms with Gasteiger partial charge in [0.2, 0.25) is 0 Å². The first-order valence-electron chi connectivity index (χ1n) is 6.54. The lowest BCUT2D eigenvalue weighted by atomic mass is 9.90. The highest BCUT2D eigenvalue weighted by atomic mass is 79.9. The van der Waals surface area contributed by atoms with E-state index in [-0.39, 0.29) is 0 Å². The average molecular weight is 352 g/mol. The Morgan fingerprint density at radius 3 is 3.00 bits per heavy atom. The molecule has 1 aromatic heterocycles. The highest BCUT2D eigenvalue weighted by Gasteiger charge is 2.30. The predicted octanol–water partition coefficient (Wildman–Crippen LogP) is 1.55. The Labute approximate surface area is 129 Å². The third-order valence-corrected chi connectivity index (χ3v) is 4.07. The first-order chi connectivity index (χ1) is 10.0. The minimum atomic E-state index is -0.786. The lowest BCUT2D eigenvalue weighted by molar-refractivity contribution is -0.139. The molecule has 3 rings (SSSR count). The molecule has 0 radical (unpaired) electrons. The number of tetrazole rings is 1. The number of benzene rings is 1. The maximum atomic E-state index is 11.4. The van der Waals surface area contributed by atoms with Crippen LogP contribution in [-0.2, 0) is 18.4 Å². The number of aromatic nitrogens is 4. The van der Waals surface area contributed by atoms with Gasteiger partial charge in [0.25, 0.3) is 0 Å². The number of carboxylic acid groups (broad SMARTS) is 1. The van der Waals surface area contributed by atoms with E-state index in [9.17, 15) is 9.90 Å². The summed E-state index contributed by atoms with van der Waals surface area (Å²) in [5.74, 6) is -0.629. The number of hydrogen-bond acceptors (Lipinski definition) is 5. The summed E-state index contributed by atoms with van der Waals surface area (Å²) < 4.78 is 0.881. The van der Waals surface area contributed by atoms with Crippen LogP contribution in [-0.4, -0.2) is 37.8 Å². The molecule has 1 N–H and O–H groups in total. The summed E-state index contributed by atoms with van der Waals surface area (Å²) in [5.41, 5.74) is 1.75. The van der Waals surface area contributed by atoms with E-state index < -0.39 is 11.9 Å². The number of carboxylic acids is 1. The molecule has 1 aromatic carbocycles. The van der Waals surface area contributed by atoms with Crippen molar-refractivity contribution in [2.24, 2.45) is 7.05 Å². The zero-order valence-corrected chi connectivity index (χ0v) is 13.0. The molecule has 1 unspecified atom stereocenters. The van der Waals surface area contributed by atoms with Gasteiger partial charge in [0.1, 0.15) is 0 Å². The van der Waals surface area contributed by atoms with Gasteiger partial charge in [-0.05, 0) is 35.4 Å². The molecule has 1 aliphatic rings. The summed E-state index contributed by atoms with van der Waals surface area (Å²) in [6.45, 7) is 1.18. The molecule has 0 spiro atoms. The van der Waals surface area contributed by atoms with Gasteiger partial charge in [-0.15, -0.1) is 10.2 Å². The molecular formula is C13H14BrN5O2. The van der Waals surface area contributed by atoms with Crippen LogP contribution < -0.4 is 4.90 Å². The van der Waals surface area contributed by atoms with E-state index in [4.69, 9.17) is 0 Å². The van der Waals surface area contributed by atoms with Gasteiger partial charge in [-0.25, -0.2) is 0 Å². The predicted molar refractivity (Wildman–Crippen MR) is 79.0 cm³/mol. The Kier molecular flexibility index (Phi) is 3.62. The summed E-state index contributed by atoms with van der Waals surface area (Å²) >= 11 is 3.41. The van der Waals surface area contributed by atoms with Gasteiger partial charge in [-0.1, -0.05) is 15.9 Å². The molecule has 1 atom stereocenters. The van der Waals surface area contributed by atoms with Gasteiger partial charge >= 0.3 is 5.97 Å². The Hall–Kier alpha value is -1.96. The monoisotopic (exact) mass is 351 g/mol. The molecule has 8 heteroatoms. The zero-order chi connectivity index (χ0) is 15.0. The van der Waals surface area contributed by atoms with E-state index in [1.807, 2.05) is 18.2 Å². The minimum absolute atomic E-state index is 0.469. The fourth-order valence-electron chi connectivity index (χ4n) is 2.63. The number of anilines is 1. The van der Waals surface area contributed by atoms with Crippen LogP contribution in [0.15, 0.2) is 22.7 Å². The van der Waals surface area contributed by atoms with E-state index >= 15 is 0 Å². The van der Waals surface area contributed by atoms with Crippen LogP contribution in [0, 0.1) is 0 Å². The second-order valence-electron chi connectivity index (χ2n) is 5.00. The average Bonchev–Trinajstić information content (AvgIpc) is 2.83. The second kappa shape index (κ2) is 5.44. The number of nitrogens with zero attached hydrogens (tertiary/aromatic N) is 5. The van der Waals surface area contributed by atoms with Crippen molar-refractivity contribution in [2.75, 3.05) is 11.4 Å². The number of rotatable bonds is 3. The minimum Gasteiger partial charge on any atom is -0.481 e. The van der Waals surface area contributed by atoms with Gasteiger partial charge in [-0.3, -0.25) is 4.79 Å². The van der Waals surface area contributed by atoms with Crippen molar-refractivity contribution < 1.29 is 9.90 Å². The molecule has 0 bridgehead atoms. The molecule has 2 heterocycles. The molecule has 2 aromatic rings. The van der Waals surface area contributed by atoms with Crippen molar-refractivity contribution >= 4 is 27.6 Å². The first-order valence-corrected chi connectivity index (χ1v) is 7.34. The van der Waals surface area contributed by atoms with Crippen LogP contribution in [0.5, 0.6) is 0 Å². The quantitative estimate of drug-likeness (QED) is 0.902. The summed E-state index contributed by atoms with van der Waals surface area (Å²) in [6, 6.07) is 5.73. The third kappa shape index (κ3) is 2.76. The van der Waals surface area contributed by atoms with E-state index in [2.05, 4.69) is 36.2 Å². The molecular weight excluding hydrogens is 338 g/mol. The standard InChI is InChI=1S/C13H14BrN5O2/c1-18-16-12(15-17-18)7-19-5-4-9(13(20)21)10-6-8(14)2-3-11(10)19/h2-3,6,9H,4-5,7H2,1H3,(H,20,21). The SMILES string of the molecule is Cn1nnc(CN2CCC(C(=O)O)c3cc(Br)ccc32)n1. The Morgan fingerprint density at radius 2 is 2.33 bits per heavy atom. The number of halogens is 1. The number of hydrogen-bond donors (Lipinski definition) is 1. The van der Waals surface area contributed by atoms with Crippen LogP contribution in [0.3, 0.4) is 0 Å². The van der Waals surface area contributed by atoms with Gasteiger partial charge in [0.15, 0.2) is 5.82 Å². The van der Waals surface area contributed by atoms with Crippen LogP contribution in [0.2, 0.25) is 0 Å². The summed E-state index contributed by atoms with van der Waals surface area (Å²) in [7, 11) is 1.72. The van der Waals surface area contributed by atoms with Gasteiger partial charge in [-0.2, -0.15) is 4.80 Å². The largest absolute Gasteiger partial charge is 0.481 e. The normalized spacial score (nSPS) is 17.6. The van der Waals surface area contributed by atoms with Crippen molar-refractivity contribution in [1.82, 2.24) is 20.2 Å². The van der Waals surface area contributed by atoms with Crippen LogP contribution >= 0.6 is 15.9 Å². The first kappa shape index (κ1) is 14.0. The van der Waals surface area contributed by atoms with Crippen LogP contribution in [0.1, 0.15) is 23.7 Å². The molecule has 0 saturated carbocycles. The number of fused-ring (bicyclic) bond motifs is 1. The topological polar surface area (TPSA) is 84.1 Å². The Balaban J connectivity index is 1.94. The molecule has 1 aliphatic heterocycles. The van der Waals surface area contributed by atoms with Crippen LogP contribution in [0.4, 0.5) is 5.69 Å². The summed E-state index contributed by atoms with van der Waals surface area (Å²) in [6.07, 6.45) is 0.569. The molecule has 21 heavy (non-hydrogen) atoms. The van der Waals surface area contributed by atoms with Crippen molar-refractivity contribution in [3.63, 3.8) is 0 Å². The number of aryl methyl sites for hydroxylation is 1.